The molecule has 0 aromatic heterocycles. The molecule has 2 aromatic carbocycles. The van der Waals surface area contributed by atoms with Crippen molar-refractivity contribution in [1.82, 2.24) is 0 Å². The molecule has 0 saturated carbocycles. The molecular formula is C21H23NO5. The SMILES string of the molecule is O=C(Nc1ccc2c(c1)OCCCO2)c1ccccc1OCC1CCCO1. The van der Waals surface area contributed by atoms with Crippen molar-refractivity contribution < 1.29 is 23.7 Å². The molecule has 0 aliphatic carbocycles. The lowest BCUT2D eigenvalue weighted by Gasteiger charge is -2.15. The highest BCUT2D eigenvalue weighted by molar-refractivity contribution is 6.06. The van der Waals surface area contributed by atoms with Crippen molar-refractivity contribution in [2.24, 2.45) is 0 Å². The molecule has 142 valence electrons. The fraction of sp³-hybridized carbons (Fsp3) is 0.381. The second-order valence-electron chi connectivity index (χ2n) is 6.61. The van der Waals surface area contributed by atoms with E-state index in [1.54, 1.807) is 24.3 Å². The number of fused-ring (bicyclic) bond motifs is 1. The van der Waals surface area contributed by atoms with Gasteiger partial charge in [-0.05, 0) is 37.1 Å². The zero-order valence-electron chi connectivity index (χ0n) is 15.1. The monoisotopic (exact) mass is 369 g/mol. The first-order chi connectivity index (χ1) is 13.3. The highest BCUT2D eigenvalue weighted by atomic mass is 16.5. The third kappa shape index (κ3) is 4.34. The highest BCUT2D eigenvalue weighted by Crippen LogP contribution is 2.32. The number of hydrogen-bond donors (Lipinski definition) is 1. The summed E-state index contributed by atoms with van der Waals surface area (Å²) in [4.78, 5) is 12.8. The Kier molecular flexibility index (Phi) is 5.44. The summed E-state index contributed by atoms with van der Waals surface area (Å²) in [5.74, 6) is 1.67. The van der Waals surface area contributed by atoms with E-state index in [0.29, 0.717) is 48.3 Å². The number of benzene rings is 2. The smallest absolute Gasteiger partial charge is 0.259 e. The van der Waals surface area contributed by atoms with Gasteiger partial charge in [0.2, 0.25) is 0 Å². The lowest BCUT2D eigenvalue weighted by Crippen LogP contribution is -2.19. The van der Waals surface area contributed by atoms with Gasteiger partial charge < -0.3 is 24.3 Å². The Morgan fingerprint density at radius 3 is 2.74 bits per heavy atom. The maximum atomic E-state index is 12.8. The molecule has 4 rings (SSSR count). The Morgan fingerprint density at radius 2 is 1.89 bits per heavy atom. The van der Waals surface area contributed by atoms with Gasteiger partial charge in [-0.2, -0.15) is 0 Å². The number of para-hydroxylation sites is 1. The summed E-state index contributed by atoms with van der Waals surface area (Å²) in [5, 5.41) is 2.91. The zero-order valence-corrected chi connectivity index (χ0v) is 15.1. The largest absolute Gasteiger partial charge is 0.490 e. The summed E-state index contributed by atoms with van der Waals surface area (Å²) in [6.07, 6.45) is 2.99. The average molecular weight is 369 g/mol. The Balaban J connectivity index is 1.45. The maximum absolute atomic E-state index is 12.8. The highest BCUT2D eigenvalue weighted by Gasteiger charge is 2.19. The molecule has 2 heterocycles. The molecule has 1 fully saturated rings. The van der Waals surface area contributed by atoms with E-state index >= 15 is 0 Å². The van der Waals surface area contributed by atoms with E-state index in [1.807, 2.05) is 18.2 Å². The summed E-state index contributed by atoms with van der Waals surface area (Å²) in [5.41, 5.74) is 1.14. The van der Waals surface area contributed by atoms with Crippen LogP contribution in [0.4, 0.5) is 5.69 Å². The number of carbonyl (C=O) groups excluding carboxylic acids is 1. The fourth-order valence-corrected chi connectivity index (χ4v) is 3.18. The van der Waals surface area contributed by atoms with Gasteiger partial charge in [0.15, 0.2) is 11.5 Å². The normalized spacial score (nSPS) is 18.6. The molecule has 1 saturated heterocycles. The van der Waals surface area contributed by atoms with Crippen molar-refractivity contribution >= 4 is 11.6 Å². The van der Waals surface area contributed by atoms with Gasteiger partial charge in [0.05, 0.1) is 24.9 Å². The minimum Gasteiger partial charge on any atom is -0.490 e. The third-order valence-electron chi connectivity index (χ3n) is 4.59. The molecular weight excluding hydrogens is 346 g/mol. The van der Waals surface area contributed by atoms with Gasteiger partial charge in [-0.25, -0.2) is 0 Å². The molecule has 1 amide bonds. The van der Waals surface area contributed by atoms with Gasteiger partial charge in [0.1, 0.15) is 12.4 Å². The van der Waals surface area contributed by atoms with Crippen molar-refractivity contribution in [3.63, 3.8) is 0 Å². The van der Waals surface area contributed by atoms with E-state index in [4.69, 9.17) is 18.9 Å². The van der Waals surface area contributed by atoms with Crippen LogP contribution in [0.3, 0.4) is 0 Å². The Morgan fingerprint density at radius 1 is 1.04 bits per heavy atom. The third-order valence-corrected chi connectivity index (χ3v) is 4.59. The minimum absolute atomic E-state index is 0.0999. The minimum atomic E-state index is -0.229. The summed E-state index contributed by atoms with van der Waals surface area (Å²) in [6, 6.07) is 12.6. The molecule has 2 aliphatic rings. The number of anilines is 1. The second kappa shape index (κ2) is 8.31. The van der Waals surface area contributed by atoms with Gasteiger partial charge in [0.25, 0.3) is 5.91 Å². The standard InChI is InChI=1S/C21H23NO5/c23-21(22-15-8-9-19-20(13-15)26-12-4-11-25-19)17-6-1-2-7-18(17)27-14-16-5-3-10-24-16/h1-2,6-9,13,16H,3-5,10-12,14H2,(H,22,23). The number of hydrogen-bond acceptors (Lipinski definition) is 5. The number of nitrogens with one attached hydrogen (secondary N) is 1. The lowest BCUT2D eigenvalue weighted by molar-refractivity contribution is 0.0673. The molecule has 6 heteroatoms. The molecule has 0 radical (unpaired) electrons. The van der Waals surface area contributed by atoms with Crippen molar-refractivity contribution in [2.45, 2.75) is 25.4 Å². The van der Waals surface area contributed by atoms with Crippen LogP contribution in [-0.4, -0.2) is 38.4 Å². The number of ether oxygens (including phenoxy) is 4. The predicted molar refractivity (Wildman–Crippen MR) is 101 cm³/mol. The van der Waals surface area contributed by atoms with Gasteiger partial charge in [-0.1, -0.05) is 12.1 Å². The van der Waals surface area contributed by atoms with Crippen LogP contribution in [0.25, 0.3) is 0 Å². The summed E-state index contributed by atoms with van der Waals surface area (Å²) < 4.78 is 22.7. The molecule has 2 aliphatic heterocycles. The first-order valence-corrected chi connectivity index (χ1v) is 9.34. The predicted octanol–water partition coefficient (Wildman–Crippen LogP) is 3.66. The van der Waals surface area contributed by atoms with E-state index in [0.717, 1.165) is 25.9 Å². The van der Waals surface area contributed by atoms with Crippen molar-refractivity contribution in [3.05, 3.63) is 48.0 Å². The zero-order chi connectivity index (χ0) is 18.5. The second-order valence-corrected chi connectivity index (χ2v) is 6.61. The van der Waals surface area contributed by atoms with Crippen LogP contribution in [0.2, 0.25) is 0 Å². The molecule has 27 heavy (non-hydrogen) atoms. The van der Waals surface area contributed by atoms with Crippen molar-refractivity contribution in [3.8, 4) is 17.2 Å². The Bertz CT molecular complexity index is 801. The average Bonchev–Trinajstić information content (AvgIpc) is 3.11. The van der Waals surface area contributed by atoms with E-state index in [-0.39, 0.29) is 12.0 Å². The van der Waals surface area contributed by atoms with Crippen LogP contribution in [-0.2, 0) is 4.74 Å². The van der Waals surface area contributed by atoms with Crippen LogP contribution in [0.1, 0.15) is 29.6 Å². The van der Waals surface area contributed by atoms with Crippen molar-refractivity contribution in [1.29, 1.82) is 0 Å². The molecule has 6 nitrogen and oxygen atoms in total. The lowest BCUT2D eigenvalue weighted by atomic mass is 10.1. The van der Waals surface area contributed by atoms with E-state index in [2.05, 4.69) is 5.32 Å². The van der Waals surface area contributed by atoms with Crippen LogP contribution in [0.5, 0.6) is 17.2 Å². The van der Waals surface area contributed by atoms with Gasteiger partial charge in [-0.3, -0.25) is 4.79 Å². The van der Waals surface area contributed by atoms with E-state index in [9.17, 15) is 4.79 Å². The molecule has 1 N–H and O–H groups in total. The molecule has 1 atom stereocenters. The van der Waals surface area contributed by atoms with Crippen LogP contribution < -0.4 is 19.5 Å². The quantitative estimate of drug-likeness (QED) is 0.871. The van der Waals surface area contributed by atoms with Crippen LogP contribution in [0.15, 0.2) is 42.5 Å². The first-order valence-electron chi connectivity index (χ1n) is 9.34. The van der Waals surface area contributed by atoms with E-state index in [1.165, 1.54) is 0 Å². The summed E-state index contributed by atoms with van der Waals surface area (Å²) in [7, 11) is 0. The maximum Gasteiger partial charge on any atom is 0.259 e. The van der Waals surface area contributed by atoms with Gasteiger partial charge in [-0.15, -0.1) is 0 Å². The first kappa shape index (κ1) is 17.7. The van der Waals surface area contributed by atoms with Crippen LogP contribution in [0, 0.1) is 0 Å². The number of amides is 1. The molecule has 0 bridgehead atoms. The van der Waals surface area contributed by atoms with E-state index < -0.39 is 0 Å². The summed E-state index contributed by atoms with van der Waals surface area (Å²) >= 11 is 0. The van der Waals surface area contributed by atoms with Crippen LogP contribution >= 0.6 is 0 Å². The topological polar surface area (TPSA) is 66.0 Å². The Labute approximate surface area is 158 Å². The number of rotatable bonds is 5. The Hall–Kier alpha value is -2.73. The van der Waals surface area contributed by atoms with Gasteiger partial charge >= 0.3 is 0 Å². The number of carbonyl (C=O) groups is 1. The van der Waals surface area contributed by atoms with Crippen molar-refractivity contribution in [2.75, 3.05) is 31.7 Å². The summed E-state index contributed by atoms with van der Waals surface area (Å²) in [6.45, 7) is 2.47. The molecule has 2 aromatic rings. The molecule has 1 unspecified atom stereocenters. The van der Waals surface area contributed by atoms with Gasteiger partial charge in [0, 0.05) is 24.8 Å². The molecule has 0 spiro atoms. The fourth-order valence-electron chi connectivity index (χ4n) is 3.18.